The zero-order valence-electron chi connectivity index (χ0n) is 16.7. The van der Waals surface area contributed by atoms with Gasteiger partial charge in [0.15, 0.2) is 5.13 Å². The van der Waals surface area contributed by atoms with E-state index in [9.17, 15) is 14.4 Å². The Morgan fingerprint density at radius 3 is 2.55 bits per heavy atom. The van der Waals surface area contributed by atoms with E-state index in [1.807, 2.05) is 35.7 Å². The molecule has 31 heavy (non-hydrogen) atoms. The van der Waals surface area contributed by atoms with Crippen LogP contribution in [-0.4, -0.2) is 27.2 Å². The maximum absolute atomic E-state index is 12.9. The lowest BCUT2D eigenvalue weighted by molar-refractivity contribution is -0.118. The number of rotatable bonds is 7. The first kappa shape index (κ1) is 20.5. The fraction of sp³-hybridized carbons (Fsp3) is 0.130. The Hall–Kier alpha value is -3.78. The van der Waals surface area contributed by atoms with E-state index in [0.717, 1.165) is 11.3 Å². The summed E-state index contributed by atoms with van der Waals surface area (Å²) in [7, 11) is 0. The van der Waals surface area contributed by atoms with Crippen molar-refractivity contribution in [2.24, 2.45) is 0 Å². The maximum atomic E-state index is 12.9. The summed E-state index contributed by atoms with van der Waals surface area (Å²) in [6.07, 6.45) is 1.66. The standard InChI is InChI=1S/C23H20N4O3S/c1-2-13-26(23-24-19(15-31-23)16-8-4-3-5-9-16)20(28)12-14-27-22(30)18-11-7-6-10-17(18)21(29)25-27/h2-11,15H,1,12-14H2,(H,25,29). The molecule has 0 unspecified atom stereocenters. The SMILES string of the molecule is C=CCN(C(=O)CCn1[nH]c(=O)c2ccccc2c1=O)c1nc(-c2ccccc2)cs1. The summed E-state index contributed by atoms with van der Waals surface area (Å²) in [5.74, 6) is -0.213. The fourth-order valence-electron chi connectivity index (χ4n) is 3.29. The summed E-state index contributed by atoms with van der Waals surface area (Å²) in [6, 6.07) is 16.3. The number of nitrogens with zero attached hydrogens (tertiary/aromatic N) is 3. The highest BCUT2D eigenvalue weighted by Gasteiger charge is 2.19. The third kappa shape index (κ3) is 4.24. The smallest absolute Gasteiger partial charge is 0.273 e. The third-order valence-electron chi connectivity index (χ3n) is 4.84. The average Bonchev–Trinajstić information content (AvgIpc) is 3.29. The van der Waals surface area contributed by atoms with Gasteiger partial charge in [-0.1, -0.05) is 48.5 Å². The predicted octanol–water partition coefficient (Wildman–Crippen LogP) is 3.42. The molecule has 0 spiro atoms. The summed E-state index contributed by atoms with van der Waals surface area (Å²) < 4.78 is 1.19. The first-order valence-electron chi connectivity index (χ1n) is 9.72. The second kappa shape index (κ2) is 8.93. The van der Waals surface area contributed by atoms with E-state index in [1.165, 1.54) is 20.9 Å². The molecule has 8 heteroatoms. The van der Waals surface area contributed by atoms with Crippen LogP contribution in [0.5, 0.6) is 0 Å². The Kier molecular flexibility index (Phi) is 5.90. The zero-order chi connectivity index (χ0) is 21.8. The van der Waals surface area contributed by atoms with Crippen LogP contribution in [0.3, 0.4) is 0 Å². The second-order valence-electron chi connectivity index (χ2n) is 6.87. The van der Waals surface area contributed by atoms with Gasteiger partial charge in [-0.2, -0.15) is 0 Å². The number of H-pyrrole nitrogens is 1. The molecule has 156 valence electrons. The third-order valence-corrected chi connectivity index (χ3v) is 5.70. The number of fused-ring (bicyclic) bond motifs is 1. The summed E-state index contributed by atoms with van der Waals surface area (Å²) >= 11 is 1.37. The van der Waals surface area contributed by atoms with Crippen LogP contribution in [0.2, 0.25) is 0 Å². The van der Waals surface area contributed by atoms with Crippen molar-refractivity contribution >= 4 is 33.1 Å². The largest absolute Gasteiger partial charge is 0.284 e. The van der Waals surface area contributed by atoms with Crippen molar-refractivity contribution in [3.8, 4) is 11.3 Å². The maximum Gasteiger partial charge on any atom is 0.273 e. The average molecular weight is 433 g/mol. The summed E-state index contributed by atoms with van der Waals surface area (Å²) in [4.78, 5) is 44.0. The molecule has 1 amide bonds. The van der Waals surface area contributed by atoms with Crippen molar-refractivity contribution in [2.75, 3.05) is 11.4 Å². The van der Waals surface area contributed by atoms with E-state index in [0.29, 0.717) is 22.4 Å². The molecule has 0 atom stereocenters. The predicted molar refractivity (Wildman–Crippen MR) is 124 cm³/mol. The van der Waals surface area contributed by atoms with Crippen LogP contribution < -0.4 is 16.0 Å². The molecule has 2 heterocycles. The number of anilines is 1. The molecule has 0 aliphatic heterocycles. The van der Waals surface area contributed by atoms with Crippen LogP contribution in [0.15, 0.2) is 82.2 Å². The number of aromatic nitrogens is 3. The number of hydrogen-bond donors (Lipinski definition) is 1. The molecule has 0 fully saturated rings. The van der Waals surface area contributed by atoms with Gasteiger partial charge in [-0.25, -0.2) is 9.67 Å². The molecule has 0 aliphatic rings. The Labute approximate surface area is 181 Å². The topological polar surface area (TPSA) is 88.1 Å². The van der Waals surface area contributed by atoms with Crippen LogP contribution in [-0.2, 0) is 11.3 Å². The van der Waals surface area contributed by atoms with Crippen molar-refractivity contribution in [1.29, 1.82) is 0 Å². The number of benzene rings is 2. The highest BCUT2D eigenvalue weighted by atomic mass is 32.1. The Balaban J connectivity index is 1.55. The van der Waals surface area contributed by atoms with E-state index in [2.05, 4.69) is 16.7 Å². The van der Waals surface area contributed by atoms with Crippen LogP contribution in [0.25, 0.3) is 22.0 Å². The molecule has 0 bridgehead atoms. The number of aryl methyl sites for hydroxylation is 1. The van der Waals surface area contributed by atoms with Crippen molar-refractivity contribution in [1.82, 2.24) is 14.8 Å². The molecule has 7 nitrogen and oxygen atoms in total. The lowest BCUT2D eigenvalue weighted by Crippen LogP contribution is -2.35. The summed E-state index contributed by atoms with van der Waals surface area (Å²) in [5.41, 5.74) is 1.06. The van der Waals surface area contributed by atoms with Crippen molar-refractivity contribution in [3.63, 3.8) is 0 Å². The van der Waals surface area contributed by atoms with Crippen LogP contribution >= 0.6 is 11.3 Å². The Morgan fingerprint density at radius 2 is 1.81 bits per heavy atom. The molecule has 4 rings (SSSR count). The van der Waals surface area contributed by atoms with E-state index >= 15 is 0 Å². The zero-order valence-corrected chi connectivity index (χ0v) is 17.5. The quantitative estimate of drug-likeness (QED) is 0.453. The molecule has 2 aromatic carbocycles. The Bertz CT molecular complexity index is 1350. The van der Waals surface area contributed by atoms with Crippen LogP contribution in [0.4, 0.5) is 5.13 Å². The highest BCUT2D eigenvalue weighted by Crippen LogP contribution is 2.27. The van der Waals surface area contributed by atoms with Gasteiger partial charge in [-0.05, 0) is 12.1 Å². The fourth-order valence-corrected chi connectivity index (χ4v) is 4.15. The van der Waals surface area contributed by atoms with Gasteiger partial charge < -0.3 is 0 Å². The number of amides is 1. The van der Waals surface area contributed by atoms with Gasteiger partial charge in [0.25, 0.3) is 11.1 Å². The minimum atomic E-state index is -0.363. The Morgan fingerprint density at radius 1 is 1.10 bits per heavy atom. The van der Waals surface area contributed by atoms with Crippen molar-refractivity contribution in [2.45, 2.75) is 13.0 Å². The normalized spacial score (nSPS) is 10.8. The second-order valence-corrected chi connectivity index (χ2v) is 7.70. The van der Waals surface area contributed by atoms with Gasteiger partial charge in [-0.3, -0.25) is 24.4 Å². The molecule has 2 aromatic heterocycles. The van der Waals surface area contributed by atoms with Gasteiger partial charge >= 0.3 is 0 Å². The lowest BCUT2D eigenvalue weighted by atomic mass is 10.2. The molecule has 0 aliphatic carbocycles. The minimum Gasteiger partial charge on any atom is -0.284 e. The van der Waals surface area contributed by atoms with Crippen LogP contribution in [0.1, 0.15) is 6.42 Å². The first-order chi connectivity index (χ1) is 15.1. The molecular weight excluding hydrogens is 412 g/mol. The molecular formula is C23H20N4O3S. The van der Waals surface area contributed by atoms with Crippen molar-refractivity contribution in [3.05, 3.63) is 93.3 Å². The molecule has 4 aromatic rings. The number of hydrogen-bond acceptors (Lipinski definition) is 5. The van der Waals surface area contributed by atoms with Crippen molar-refractivity contribution < 1.29 is 4.79 Å². The monoisotopic (exact) mass is 432 g/mol. The van der Waals surface area contributed by atoms with Gasteiger partial charge in [0.2, 0.25) is 5.91 Å². The van der Waals surface area contributed by atoms with E-state index in [4.69, 9.17) is 0 Å². The number of thiazole rings is 1. The lowest BCUT2D eigenvalue weighted by Gasteiger charge is -2.18. The molecule has 0 radical (unpaired) electrons. The van der Waals surface area contributed by atoms with E-state index < -0.39 is 0 Å². The van der Waals surface area contributed by atoms with E-state index in [-0.39, 0.29) is 30.0 Å². The van der Waals surface area contributed by atoms with Gasteiger partial charge in [-0.15, -0.1) is 17.9 Å². The van der Waals surface area contributed by atoms with Gasteiger partial charge in [0, 0.05) is 23.9 Å². The summed E-state index contributed by atoms with van der Waals surface area (Å²) in [6.45, 7) is 4.08. The number of carbonyl (C=O) groups excluding carboxylic acids is 1. The molecule has 0 saturated heterocycles. The van der Waals surface area contributed by atoms with Gasteiger partial charge in [0.05, 0.1) is 23.0 Å². The number of nitrogens with one attached hydrogen (secondary N) is 1. The minimum absolute atomic E-state index is 0.0300. The first-order valence-corrected chi connectivity index (χ1v) is 10.6. The molecule has 1 N–H and O–H groups in total. The number of aromatic amines is 1. The van der Waals surface area contributed by atoms with E-state index in [1.54, 1.807) is 30.3 Å². The highest BCUT2D eigenvalue weighted by molar-refractivity contribution is 7.14. The number of carbonyl (C=O) groups is 1. The van der Waals surface area contributed by atoms with Crippen LogP contribution in [0, 0.1) is 0 Å². The summed E-state index contributed by atoms with van der Waals surface area (Å²) in [5, 5.41) is 5.68. The molecule has 0 saturated carbocycles. The van der Waals surface area contributed by atoms with Gasteiger partial charge in [0.1, 0.15) is 0 Å².